The van der Waals surface area contributed by atoms with E-state index in [1.165, 1.54) is 32.7 Å². The van der Waals surface area contributed by atoms with Gasteiger partial charge in [0.25, 0.3) is 0 Å². The van der Waals surface area contributed by atoms with Crippen LogP contribution in [0, 0.1) is 25.9 Å². The minimum Gasteiger partial charge on any atom is 0 e. The van der Waals surface area contributed by atoms with E-state index in [-0.39, 0.29) is 31.9 Å². The summed E-state index contributed by atoms with van der Waals surface area (Å²) in [5, 5.41) is 1.99. The Morgan fingerprint density at radius 1 is 0.780 bits per heavy atom. The molecule has 5 aromatic heterocycles. The summed E-state index contributed by atoms with van der Waals surface area (Å²) in [6, 6.07) is 40.9. The molecule has 0 amide bonds. The molecule has 0 aliphatic heterocycles. The number of furan rings is 1. The Bertz CT molecular complexity index is 2920. The summed E-state index contributed by atoms with van der Waals surface area (Å²) in [5.74, 6) is 8.30. The van der Waals surface area contributed by atoms with Gasteiger partial charge in [-0.15, -0.1) is 18.2 Å². The molecular formula is C51H49GeIrN5O-2. The van der Waals surface area contributed by atoms with Crippen LogP contribution in [0.25, 0.3) is 72.6 Å². The van der Waals surface area contributed by atoms with Crippen molar-refractivity contribution >= 4 is 50.8 Å². The van der Waals surface area contributed by atoms with Crippen molar-refractivity contribution in [2.45, 2.75) is 70.6 Å². The molecule has 0 bridgehead atoms. The van der Waals surface area contributed by atoms with Crippen molar-refractivity contribution in [2.75, 3.05) is 0 Å². The van der Waals surface area contributed by atoms with Crippen molar-refractivity contribution in [1.82, 2.24) is 24.5 Å². The monoisotopic (exact) mass is 1020 g/mol. The summed E-state index contributed by atoms with van der Waals surface area (Å²) < 4.78 is 32.1. The molecule has 0 aliphatic rings. The van der Waals surface area contributed by atoms with Crippen molar-refractivity contribution in [1.29, 1.82) is 0 Å². The number of pyridine rings is 3. The second kappa shape index (κ2) is 17.2. The average Bonchev–Trinajstić information content (AvgIpc) is 3.81. The zero-order valence-corrected chi connectivity index (χ0v) is 39.2. The summed E-state index contributed by atoms with van der Waals surface area (Å²) in [5.41, 5.74) is 13.0. The Kier molecular flexibility index (Phi) is 11.1. The zero-order valence-electron chi connectivity index (χ0n) is 37.7. The first-order valence-electron chi connectivity index (χ1n) is 21.3. The van der Waals surface area contributed by atoms with Crippen LogP contribution in [0.5, 0.6) is 0 Å². The van der Waals surface area contributed by atoms with E-state index in [0.717, 1.165) is 61.4 Å². The predicted octanol–water partition coefficient (Wildman–Crippen LogP) is 12.8. The van der Waals surface area contributed by atoms with Crippen LogP contribution >= 0.6 is 0 Å². The van der Waals surface area contributed by atoms with E-state index >= 15 is 0 Å². The van der Waals surface area contributed by atoms with Crippen LogP contribution in [0.4, 0.5) is 0 Å². The summed E-state index contributed by atoms with van der Waals surface area (Å²) in [7, 11) is 0. The van der Waals surface area contributed by atoms with E-state index in [4.69, 9.17) is 13.5 Å². The van der Waals surface area contributed by atoms with Crippen LogP contribution in [0.1, 0.15) is 66.0 Å². The number of hydrogen-bond donors (Lipinski definition) is 0. The molecule has 8 heteroatoms. The minimum atomic E-state index is -2.08. The third-order valence-electron chi connectivity index (χ3n) is 10.6. The largest absolute Gasteiger partial charge is 0 e. The average molecular weight is 1020 g/mol. The molecular weight excluding hydrogens is 963 g/mol. The number of aromatic nitrogens is 5. The van der Waals surface area contributed by atoms with Crippen LogP contribution in [0.2, 0.25) is 17.3 Å². The van der Waals surface area contributed by atoms with Gasteiger partial charge in [0, 0.05) is 43.1 Å². The SMILES string of the molecule is Cc1ccc2c(n1)oc1c(-c3nc4ccncc4n3-c3c(C(C)C)cc(-c4ccccc4)cc3C(C)C)[c-]ccc12.[2H]C([2H])([2H])c1c[c-]c(-c2cc[c]([Ge]([CH3])([CH3])[CH3])cn2)cc1.[Ir]. The van der Waals surface area contributed by atoms with Crippen molar-refractivity contribution in [3.8, 4) is 39.5 Å². The molecule has 0 aliphatic carbocycles. The number of benzene rings is 4. The zero-order chi connectivity index (χ0) is 43.2. The maximum Gasteiger partial charge on any atom is 0 e. The number of hydrogen-bond acceptors (Lipinski definition) is 5. The van der Waals surface area contributed by atoms with E-state index < -0.39 is 20.1 Å². The summed E-state index contributed by atoms with van der Waals surface area (Å²) in [4.78, 5) is 18.9. The van der Waals surface area contributed by atoms with Crippen LogP contribution in [0.15, 0.2) is 126 Å². The Morgan fingerprint density at radius 2 is 1.54 bits per heavy atom. The third kappa shape index (κ3) is 8.47. The predicted molar refractivity (Wildman–Crippen MR) is 243 cm³/mol. The molecule has 0 atom stereocenters. The van der Waals surface area contributed by atoms with Gasteiger partial charge >= 0.3 is 110 Å². The van der Waals surface area contributed by atoms with Crippen molar-refractivity contribution in [3.63, 3.8) is 0 Å². The molecule has 9 aromatic rings. The molecule has 0 saturated carbocycles. The quantitative estimate of drug-likeness (QED) is 0.118. The van der Waals surface area contributed by atoms with Gasteiger partial charge in [-0.1, -0.05) is 69.0 Å². The van der Waals surface area contributed by atoms with E-state index in [2.05, 4.69) is 131 Å². The van der Waals surface area contributed by atoms with Gasteiger partial charge in [0.2, 0.25) is 5.71 Å². The molecule has 59 heavy (non-hydrogen) atoms. The summed E-state index contributed by atoms with van der Waals surface area (Å²) in [6.07, 6.45) is 5.66. The molecule has 0 unspecified atom stereocenters. The van der Waals surface area contributed by atoms with E-state index in [1.807, 2.05) is 49.6 Å². The van der Waals surface area contributed by atoms with Gasteiger partial charge in [0.15, 0.2) is 0 Å². The van der Waals surface area contributed by atoms with Gasteiger partial charge in [-0.3, -0.25) is 9.97 Å². The van der Waals surface area contributed by atoms with Crippen LogP contribution in [-0.2, 0) is 20.1 Å². The molecule has 6 nitrogen and oxygen atoms in total. The van der Waals surface area contributed by atoms with Gasteiger partial charge < -0.3 is 8.98 Å². The molecule has 5 heterocycles. The minimum absolute atomic E-state index is 0. The van der Waals surface area contributed by atoms with E-state index in [9.17, 15) is 0 Å². The number of fused-ring (bicyclic) bond motifs is 4. The fourth-order valence-corrected chi connectivity index (χ4v) is 9.57. The Hall–Kier alpha value is -5.21. The number of aryl methyl sites for hydroxylation is 2. The van der Waals surface area contributed by atoms with E-state index in [1.54, 1.807) is 18.3 Å². The summed E-state index contributed by atoms with van der Waals surface area (Å²) >= 11 is -1.83. The fraction of sp³-hybridized carbons (Fsp3) is 0.216. The number of nitrogens with zero attached hydrogens (tertiary/aromatic N) is 5. The standard InChI is InChI=1S/C36H31N4O.C15H18GeN.Ir/c1-21(2)29-18-25(24-10-7-6-8-11-24)19-30(22(3)4)33(29)40-32-20-37-17-16-31(32)39-35(40)28-13-9-12-26-27-15-14-23(5)38-36(27)41-34(26)28;1-12-5-7-13(8-6-12)15-10-9-14(11-17-15)16(2,3)4;/h6-12,14-22H,1-5H3;5-7,9-11H,1-4H3;/q2*-1;/i;1D3;. The van der Waals surface area contributed by atoms with Crippen molar-refractivity contribution < 1.29 is 28.6 Å². The van der Waals surface area contributed by atoms with Gasteiger partial charge in [0.05, 0.1) is 28.6 Å². The van der Waals surface area contributed by atoms with Gasteiger partial charge in [0.1, 0.15) is 0 Å². The molecule has 4 aromatic carbocycles. The topological polar surface area (TPSA) is 69.6 Å². The number of imidazole rings is 1. The Morgan fingerprint density at radius 3 is 2.19 bits per heavy atom. The first-order valence-corrected chi connectivity index (χ1v) is 27.2. The van der Waals surface area contributed by atoms with Crippen molar-refractivity contribution in [2.24, 2.45) is 0 Å². The first kappa shape index (κ1) is 38.0. The molecule has 9 rings (SSSR count). The smallest absolute Gasteiger partial charge is 0 e. The maximum atomic E-state index is 7.35. The Balaban J connectivity index is 0.000000233. The molecule has 0 fully saturated rings. The van der Waals surface area contributed by atoms with Gasteiger partial charge in [-0.2, -0.15) is 0 Å². The fourth-order valence-electron chi connectivity index (χ4n) is 7.40. The van der Waals surface area contributed by atoms with E-state index in [0.29, 0.717) is 11.3 Å². The third-order valence-corrected chi connectivity index (χ3v) is 14.8. The molecule has 0 spiro atoms. The maximum absolute atomic E-state index is 7.35. The normalized spacial score (nSPS) is 12.6. The molecule has 0 N–H and O–H groups in total. The first-order chi connectivity index (χ1) is 29.1. The van der Waals surface area contributed by atoms with Crippen molar-refractivity contribution in [3.05, 3.63) is 156 Å². The molecule has 1 radical (unpaired) electrons. The van der Waals surface area contributed by atoms with Crippen LogP contribution in [-0.4, -0.2) is 37.8 Å². The molecule has 299 valence electrons. The molecule has 0 saturated heterocycles. The number of rotatable bonds is 7. The second-order valence-electron chi connectivity index (χ2n) is 16.5. The summed E-state index contributed by atoms with van der Waals surface area (Å²) in [6.45, 7) is 8.94. The van der Waals surface area contributed by atoms with Gasteiger partial charge in [-0.25, -0.2) is 4.98 Å². The van der Waals surface area contributed by atoms with Crippen LogP contribution in [0.3, 0.4) is 0 Å². The van der Waals surface area contributed by atoms with Crippen LogP contribution < -0.4 is 4.40 Å². The second-order valence-corrected chi connectivity index (χ2v) is 27.1. The van der Waals surface area contributed by atoms with Gasteiger partial charge in [-0.05, 0) is 71.3 Å². The Labute approximate surface area is 368 Å².